The fraction of sp³-hybridized carbons (Fsp3) is 0.143. The van der Waals surface area contributed by atoms with E-state index in [9.17, 15) is 0 Å². The van der Waals surface area contributed by atoms with Gasteiger partial charge in [-0.15, -0.1) is 0 Å². The fourth-order valence-electron chi connectivity index (χ4n) is 0.628. The number of hydrogen-bond donors (Lipinski definition) is 1. The summed E-state index contributed by atoms with van der Waals surface area (Å²) in [4.78, 5) is 3.79. The van der Waals surface area contributed by atoms with E-state index in [1.54, 1.807) is 12.1 Å². The zero-order valence-electron chi connectivity index (χ0n) is 5.97. The van der Waals surface area contributed by atoms with Crippen LogP contribution in [0.3, 0.4) is 0 Å². The predicted octanol–water partition coefficient (Wildman–Crippen LogP) is 1.71. The second-order valence-corrected chi connectivity index (χ2v) is 2.29. The van der Waals surface area contributed by atoms with Gasteiger partial charge in [-0.2, -0.15) is 0 Å². The SMILES string of the molecule is COC(=N)c1ccc(Cl)nc1. The second-order valence-electron chi connectivity index (χ2n) is 1.90. The minimum absolute atomic E-state index is 0.0918. The van der Waals surface area contributed by atoms with Crippen LogP contribution in [0.25, 0.3) is 0 Å². The van der Waals surface area contributed by atoms with Crippen molar-refractivity contribution in [1.29, 1.82) is 5.41 Å². The average molecular weight is 171 g/mol. The number of pyridine rings is 1. The Morgan fingerprint density at radius 2 is 2.36 bits per heavy atom. The molecule has 1 rings (SSSR count). The molecule has 0 aliphatic carbocycles. The van der Waals surface area contributed by atoms with Crippen molar-refractivity contribution in [2.24, 2.45) is 0 Å². The smallest absolute Gasteiger partial charge is 0.214 e. The van der Waals surface area contributed by atoms with Gasteiger partial charge in [0.2, 0.25) is 5.90 Å². The van der Waals surface area contributed by atoms with Gasteiger partial charge in [0, 0.05) is 6.20 Å². The summed E-state index contributed by atoms with van der Waals surface area (Å²) in [6.07, 6.45) is 1.49. The number of nitrogens with zero attached hydrogens (tertiary/aromatic N) is 1. The molecule has 0 fully saturated rings. The van der Waals surface area contributed by atoms with Gasteiger partial charge in [-0.05, 0) is 12.1 Å². The minimum atomic E-state index is 0.0918. The largest absolute Gasteiger partial charge is 0.481 e. The summed E-state index contributed by atoms with van der Waals surface area (Å²) in [5.74, 6) is 0.0918. The van der Waals surface area contributed by atoms with Gasteiger partial charge in [-0.3, -0.25) is 5.41 Å². The summed E-state index contributed by atoms with van der Waals surface area (Å²) in [5, 5.41) is 7.66. The monoisotopic (exact) mass is 170 g/mol. The van der Waals surface area contributed by atoms with E-state index in [4.69, 9.17) is 17.0 Å². The van der Waals surface area contributed by atoms with Crippen molar-refractivity contribution in [3.05, 3.63) is 29.0 Å². The van der Waals surface area contributed by atoms with Crippen LogP contribution in [0, 0.1) is 5.41 Å². The van der Waals surface area contributed by atoms with E-state index in [1.165, 1.54) is 13.3 Å². The van der Waals surface area contributed by atoms with Crippen molar-refractivity contribution in [3.8, 4) is 0 Å². The Labute approximate surface area is 69.5 Å². The maximum atomic E-state index is 7.24. The Hall–Kier alpha value is -1.09. The molecule has 0 amide bonds. The molecule has 0 unspecified atom stereocenters. The van der Waals surface area contributed by atoms with Gasteiger partial charge in [0.25, 0.3) is 0 Å². The first kappa shape index (κ1) is 8.01. The highest BCUT2D eigenvalue weighted by molar-refractivity contribution is 6.29. The molecule has 0 saturated carbocycles. The molecule has 4 heteroatoms. The van der Waals surface area contributed by atoms with Gasteiger partial charge in [0.15, 0.2) is 0 Å². The van der Waals surface area contributed by atoms with Gasteiger partial charge in [-0.25, -0.2) is 4.98 Å². The third-order valence-corrected chi connectivity index (χ3v) is 1.42. The topological polar surface area (TPSA) is 46.0 Å². The molecule has 1 aromatic rings. The summed E-state index contributed by atoms with van der Waals surface area (Å²) >= 11 is 5.54. The molecule has 0 aliphatic rings. The fourth-order valence-corrected chi connectivity index (χ4v) is 0.740. The van der Waals surface area contributed by atoms with Crippen molar-refractivity contribution < 1.29 is 4.74 Å². The van der Waals surface area contributed by atoms with Crippen LogP contribution in [-0.4, -0.2) is 18.0 Å². The van der Waals surface area contributed by atoms with Gasteiger partial charge < -0.3 is 4.74 Å². The number of nitrogens with one attached hydrogen (secondary N) is 1. The highest BCUT2D eigenvalue weighted by atomic mass is 35.5. The third kappa shape index (κ3) is 1.91. The van der Waals surface area contributed by atoms with Crippen LogP contribution in [0.2, 0.25) is 5.15 Å². The molecular weight excluding hydrogens is 164 g/mol. The molecule has 0 radical (unpaired) electrons. The molecule has 0 aliphatic heterocycles. The van der Waals surface area contributed by atoms with Crippen LogP contribution in [0.15, 0.2) is 18.3 Å². The van der Waals surface area contributed by atoms with E-state index < -0.39 is 0 Å². The minimum Gasteiger partial charge on any atom is -0.481 e. The number of ether oxygens (including phenoxy) is 1. The Bertz CT molecular complexity index is 258. The normalized spacial score (nSPS) is 9.27. The first-order valence-corrected chi connectivity index (χ1v) is 3.36. The zero-order chi connectivity index (χ0) is 8.27. The molecule has 1 aromatic heterocycles. The number of halogens is 1. The lowest BCUT2D eigenvalue weighted by Gasteiger charge is -1.99. The van der Waals surface area contributed by atoms with Gasteiger partial charge in [0.1, 0.15) is 5.15 Å². The molecule has 0 aromatic carbocycles. The molecule has 11 heavy (non-hydrogen) atoms. The van der Waals surface area contributed by atoms with Crippen molar-refractivity contribution >= 4 is 17.5 Å². The van der Waals surface area contributed by atoms with Gasteiger partial charge >= 0.3 is 0 Å². The van der Waals surface area contributed by atoms with Crippen LogP contribution in [-0.2, 0) is 4.74 Å². The molecule has 3 nitrogen and oxygen atoms in total. The first-order valence-electron chi connectivity index (χ1n) is 2.98. The predicted molar refractivity (Wildman–Crippen MR) is 43.1 cm³/mol. The van der Waals surface area contributed by atoms with E-state index in [0.29, 0.717) is 10.7 Å². The highest BCUT2D eigenvalue weighted by Crippen LogP contribution is 2.05. The standard InChI is InChI=1S/C7H7ClN2O/c1-11-7(9)5-2-3-6(8)10-4-5/h2-4,9H,1H3. The van der Waals surface area contributed by atoms with Gasteiger partial charge in [0.05, 0.1) is 12.7 Å². The van der Waals surface area contributed by atoms with Crippen LogP contribution in [0.1, 0.15) is 5.56 Å². The molecule has 0 atom stereocenters. The van der Waals surface area contributed by atoms with Crippen molar-refractivity contribution in [1.82, 2.24) is 4.98 Å². The van der Waals surface area contributed by atoms with E-state index in [2.05, 4.69) is 9.72 Å². The Kier molecular flexibility index (Phi) is 2.44. The van der Waals surface area contributed by atoms with E-state index >= 15 is 0 Å². The summed E-state index contributed by atoms with van der Waals surface area (Å²) in [6, 6.07) is 3.30. The Morgan fingerprint density at radius 1 is 1.64 bits per heavy atom. The average Bonchev–Trinajstić information content (AvgIpc) is 2.05. The zero-order valence-corrected chi connectivity index (χ0v) is 6.72. The summed E-state index contributed by atoms with van der Waals surface area (Å²) in [7, 11) is 1.44. The molecule has 58 valence electrons. The van der Waals surface area contributed by atoms with E-state index in [1.807, 2.05) is 0 Å². The molecule has 0 saturated heterocycles. The third-order valence-electron chi connectivity index (χ3n) is 1.19. The van der Waals surface area contributed by atoms with Crippen molar-refractivity contribution in [2.75, 3.05) is 7.11 Å². The molecule has 0 spiro atoms. The van der Waals surface area contributed by atoms with Gasteiger partial charge in [-0.1, -0.05) is 11.6 Å². The van der Waals surface area contributed by atoms with E-state index in [-0.39, 0.29) is 5.90 Å². The summed E-state index contributed by atoms with van der Waals surface area (Å²) < 4.78 is 4.68. The number of rotatable bonds is 1. The molecule has 1 heterocycles. The lowest BCUT2D eigenvalue weighted by atomic mass is 10.3. The molecule has 1 N–H and O–H groups in total. The van der Waals surface area contributed by atoms with Crippen LogP contribution in [0.5, 0.6) is 0 Å². The maximum Gasteiger partial charge on any atom is 0.214 e. The van der Waals surface area contributed by atoms with Crippen LogP contribution >= 0.6 is 11.6 Å². The lowest BCUT2D eigenvalue weighted by molar-refractivity contribution is 0.401. The van der Waals surface area contributed by atoms with Crippen molar-refractivity contribution in [3.63, 3.8) is 0 Å². The second kappa shape index (κ2) is 3.34. The highest BCUT2D eigenvalue weighted by Gasteiger charge is 1.99. The van der Waals surface area contributed by atoms with Crippen LogP contribution in [0.4, 0.5) is 0 Å². The maximum absolute atomic E-state index is 7.24. The lowest BCUT2D eigenvalue weighted by Crippen LogP contribution is -2.00. The first-order chi connectivity index (χ1) is 5.24. The van der Waals surface area contributed by atoms with Crippen LogP contribution < -0.4 is 0 Å². The Balaban J connectivity index is 2.90. The Morgan fingerprint density at radius 3 is 2.82 bits per heavy atom. The van der Waals surface area contributed by atoms with Crippen molar-refractivity contribution in [2.45, 2.75) is 0 Å². The number of aromatic nitrogens is 1. The molecular formula is C7H7ClN2O. The summed E-state index contributed by atoms with van der Waals surface area (Å²) in [5.41, 5.74) is 0.622. The number of hydrogen-bond acceptors (Lipinski definition) is 3. The van der Waals surface area contributed by atoms with E-state index in [0.717, 1.165) is 0 Å². The summed E-state index contributed by atoms with van der Waals surface area (Å²) in [6.45, 7) is 0. The number of methoxy groups -OCH3 is 1. The quantitative estimate of drug-likeness (QED) is 0.396. The molecule has 0 bridgehead atoms.